The number of aromatic nitrogens is 4. The van der Waals surface area contributed by atoms with Crippen LogP contribution in [0.15, 0.2) is 17.8 Å². The number of hydrogen-bond donors (Lipinski definition) is 0. The van der Waals surface area contributed by atoms with Crippen molar-refractivity contribution in [1.82, 2.24) is 19.4 Å². The Balaban J connectivity index is 2.41. The summed E-state index contributed by atoms with van der Waals surface area (Å²) in [5.74, 6) is 0.0704. The maximum Gasteiger partial charge on any atom is 0.190 e. The van der Waals surface area contributed by atoms with Gasteiger partial charge in [0, 0.05) is 10.8 Å². The Labute approximate surface area is 110 Å². The van der Waals surface area contributed by atoms with E-state index in [1.165, 1.54) is 16.3 Å². The summed E-state index contributed by atoms with van der Waals surface area (Å²) in [5, 5.41) is 9.92. The fourth-order valence-corrected chi connectivity index (χ4v) is 2.37. The Hall–Kier alpha value is -1.56. The second-order valence-corrected chi connectivity index (χ2v) is 5.09. The fraction of sp³-hybridized carbons (Fsp3) is 0.500. The summed E-state index contributed by atoms with van der Waals surface area (Å²) in [5.41, 5.74) is 0.779. The molecule has 0 amide bonds. The van der Waals surface area contributed by atoms with Crippen LogP contribution in [0.5, 0.6) is 0 Å². The van der Waals surface area contributed by atoms with E-state index in [0.29, 0.717) is 11.4 Å². The molecule has 0 aliphatic carbocycles. The smallest absolute Gasteiger partial charge is 0.190 e. The summed E-state index contributed by atoms with van der Waals surface area (Å²) < 4.78 is 4.23. The zero-order valence-electron chi connectivity index (χ0n) is 10.8. The number of nitrogens with zero attached hydrogens (tertiary/aromatic N) is 4. The molecule has 96 valence electrons. The lowest BCUT2D eigenvalue weighted by Crippen LogP contribution is -2.27. The van der Waals surface area contributed by atoms with E-state index in [1.807, 2.05) is 20.8 Å². The SMILES string of the molecule is CCC(C)(CC)C(=O)c1nscc1-n1nccn1. The van der Waals surface area contributed by atoms with E-state index >= 15 is 0 Å². The van der Waals surface area contributed by atoms with Crippen LogP contribution in [-0.4, -0.2) is 25.2 Å². The van der Waals surface area contributed by atoms with Gasteiger partial charge in [-0.15, -0.1) is 4.80 Å². The van der Waals surface area contributed by atoms with Crippen molar-refractivity contribution in [1.29, 1.82) is 0 Å². The summed E-state index contributed by atoms with van der Waals surface area (Å²) in [4.78, 5) is 14.0. The van der Waals surface area contributed by atoms with Crippen LogP contribution in [0.4, 0.5) is 0 Å². The molecular weight excluding hydrogens is 248 g/mol. The highest BCUT2D eigenvalue weighted by atomic mass is 32.1. The van der Waals surface area contributed by atoms with E-state index in [4.69, 9.17) is 0 Å². The Bertz CT molecular complexity index is 528. The number of rotatable bonds is 5. The number of ketones is 1. The molecule has 2 heterocycles. The number of carbonyl (C=O) groups excluding carboxylic acids is 1. The molecule has 0 atom stereocenters. The molecule has 0 aliphatic rings. The highest BCUT2D eigenvalue weighted by Crippen LogP contribution is 2.31. The maximum absolute atomic E-state index is 12.6. The maximum atomic E-state index is 12.6. The number of hydrogen-bond acceptors (Lipinski definition) is 5. The van der Waals surface area contributed by atoms with Crippen LogP contribution in [0.25, 0.3) is 5.69 Å². The van der Waals surface area contributed by atoms with Gasteiger partial charge in [-0.2, -0.15) is 14.6 Å². The van der Waals surface area contributed by atoms with Crippen LogP contribution >= 0.6 is 11.5 Å². The topological polar surface area (TPSA) is 60.7 Å². The quantitative estimate of drug-likeness (QED) is 0.779. The predicted molar refractivity (Wildman–Crippen MR) is 70.1 cm³/mol. The molecule has 6 heteroatoms. The van der Waals surface area contributed by atoms with Crippen molar-refractivity contribution >= 4 is 17.3 Å². The monoisotopic (exact) mass is 264 g/mol. The third-order valence-electron chi connectivity index (χ3n) is 3.51. The molecule has 5 nitrogen and oxygen atoms in total. The summed E-state index contributed by atoms with van der Waals surface area (Å²) in [6.45, 7) is 6.04. The van der Waals surface area contributed by atoms with Crippen molar-refractivity contribution in [3.63, 3.8) is 0 Å². The van der Waals surface area contributed by atoms with Gasteiger partial charge in [-0.1, -0.05) is 20.8 Å². The van der Waals surface area contributed by atoms with Crippen molar-refractivity contribution < 1.29 is 4.79 Å². The van der Waals surface area contributed by atoms with E-state index < -0.39 is 0 Å². The van der Waals surface area contributed by atoms with Crippen molar-refractivity contribution in [3.8, 4) is 5.69 Å². The van der Waals surface area contributed by atoms with E-state index in [9.17, 15) is 4.79 Å². The average molecular weight is 264 g/mol. The summed E-state index contributed by atoms with van der Waals surface area (Å²) in [7, 11) is 0. The van der Waals surface area contributed by atoms with Gasteiger partial charge in [-0.3, -0.25) is 4.79 Å². The van der Waals surface area contributed by atoms with Gasteiger partial charge < -0.3 is 0 Å². The molecule has 0 saturated heterocycles. The largest absolute Gasteiger partial charge is 0.292 e. The van der Waals surface area contributed by atoms with Gasteiger partial charge in [-0.05, 0) is 24.4 Å². The van der Waals surface area contributed by atoms with E-state index in [1.54, 1.807) is 17.8 Å². The first-order valence-electron chi connectivity index (χ1n) is 5.98. The molecule has 0 saturated carbocycles. The van der Waals surface area contributed by atoms with Crippen molar-refractivity contribution in [3.05, 3.63) is 23.5 Å². The number of carbonyl (C=O) groups is 1. The van der Waals surface area contributed by atoms with Crippen LogP contribution in [0.3, 0.4) is 0 Å². The van der Waals surface area contributed by atoms with Crippen molar-refractivity contribution in [2.75, 3.05) is 0 Å². The first-order valence-corrected chi connectivity index (χ1v) is 6.82. The van der Waals surface area contributed by atoms with Crippen LogP contribution in [0, 0.1) is 5.41 Å². The molecule has 0 aromatic carbocycles. The fourth-order valence-electron chi connectivity index (χ4n) is 1.73. The molecule has 0 spiro atoms. The molecule has 0 aliphatic heterocycles. The minimum atomic E-state index is -0.365. The van der Waals surface area contributed by atoms with Gasteiger partial charge in [0.15, 0.2) is 5.78 Å². The third-order valence-corrected chi connectivity index (χ3v) is 4.13. The molecule has 0 unspecified atom stereocenters. The summed E-state index contributed by atoms with van der Waals surface area (Å²) in [6, 6.07) is 0. The van der Waals surface area contributed by atoms with Crippen LogP contribution in [0.2, 0.25) is 0 Å². The number of Topliss-reactive ketones (excluding diaryl/α,β-unsaturated/α-hetero) is 1. The molecule has 0 N–H and O–H groups in total. The first-order chi connectivity index (χ1) is 8.62. The highest BCUT2D eigenvalue weighted by molar-refractivity contribution is 7.04. The van der Waals surface area contributed by atoms with Gasteiger partial charge in [0.05, 0.1) is 12.4 Å². The van der Waals surface area contributed by atoms with Gasteiger partial charge in [0.1, 0.15) is 11.4 Å². The lowest BCUT2D eigenvalue weighted by atomic mass is 9.79. The lowest BCUT2D eigenvalue weighted by Gasteiger charge is -2.24. The minimum absolute atomic E-state index is 0.0704. The Morgan fingerprint density at radius 3 is 2.50 bits per heavy atom. The Morgan fingerprint density at radius 1 is 1.33 bits per heavy atom. The second-order valence-electron chi connectivity index (χ2n) is 4.46. The second kappa shape index (κ2) is 4.97. The van der Waals surface area contributed by atoms with E-state index in [2.05, 4.69) is 14.6 Å². The summed E-state index contributed by atoms with van der Waals surface area (Å²) in [6.07, 6.45) is 4.77. The Morgan fingerprint density at radius 2 is 1.94 bits per heavy atom. The molecular formula is C12H16N4OS. The van der Waals surface area contributed by atoms with Crippen LogP contribution in [0.1, 0.15) is 44.1 Å². The normalized spacial score (nSPS) is 11.7. The Kier molecular flexibility index (Phi) is 3.56. The zero-order valence-corrected chi connectivity index (χ0v) is 11.6. The van der Waals surface area contributed by atoms with E-state index in [0.717, 1.165) is 12.8 Å². The molecule has 18 heavy (non-hydrogen) atoms. The van der Waals surface area contributed by atoms with Crippen molar-refractivity contribution in [2.45, 2.75) is 33.6 Å². The van der Waals surface area contributed by atoms with Crippen molar-refractivity contribution in [2.24, 2.45) is 5.41 Å². The van der Waals surface area contributed by atoms with Gasteiger partial charge >= 0.3 is 0 Å². The van der Waals surface area contributed by atoms with Gasteiger partial charge in [0.2, 0.25) is 0 Å². The third kappa shape index (κ3) is 2.08. The van der Waals surface area contributed by atoms with Gasteiger partial charge in [-0.25, -0.2) is 0 Å². The molecule has 0 bridgehead atoms. The molecule has 2 aromatic rings. The first kappa shape index (κ1) is 12.9. The summed E-state index contributed by atoms with van der Waals surface area (Å²) >= 11 is 1.26. The van der Waals surface area contributed by atoms with Gasteiger partial charge in [0.25, 0.3) is 0 Å². The van der Waals surface area contributed by atoms with E-state index in [-0.39, 0.29) is 11.2 Å². The lowest BCUT2D eigenvalue weighted by molar-refractivity contribution is 0.0798. The predicted octanol–water partition coefficient (Wildman–Crippen LogP) is 2.73. The highest BCUT2D eigenvalue weighted by Gasteiger charge is 2.33. The standard InChI is InChI=1S/C12H16N4OS/c1-4-12(3,5-2)11(17)10-9(8-18-15-10)16-13-6-7-14-16/h6-8H,4-5H2,1-3H3. The van der Waals surface area contributed by atoms with Crippen LogP contribution < -0.4 is 0 Å². The molecule has 0 fully saturated rings. The van der Waals surface area contributed by atoms with Crippen LogP contribution in [-0.2, 0) is 0 Å². The molecule has 2 rings (SSSR count). The average Bonchev–Trinajstić information content (AvgIpc) is 3.06. The molecule has 2 aromatic heterocycles. The zero-order chi connectivity index (χ0) is 13.2. The molecule has 0 radical (unpaired) electrons. The minimum Gasteiger partial charge on any atom is -0.292 e.